The van der Waals surface area contributed by atoms with Gasteiger partial charge in [-0.1, -0.05) is 6.07 Å². The van der Waals surface area contributed by atoms with Gasteiger partial charge in [0.15, 0.2) is 11.5 Å². The number of phenolic OH excluding ortho intramolecular Hbond substituents is 1. The van der Waals surface area contributed by atoms with Crippen molar-refractivity contribution in [1.29, 1.82) is 0 Å². The molecule has 0 saturated carbocycles. The summed E-state index contributed by atoms with van der Waals surface area (Å²) in [6, 6.07) is 4.92. The van der Waals surface area contributed by atoms with Gasteiger partial charge in [-0.15, -0.1) is 0 Å². The highest BCUT2D eigenvalue weighted by Gasteiger charge is 2.38. The Morgan fingerprint density at radius 3 is 2.77 bits per heavy atom. The van der Waals surface area contributed by atoms with Crippen LogP contribution < -0.4 is 9.47 Å². The first-order valence-corrected chi connectivity index (χ1v) is 3.90. The molecule has 1 heterocycles. The maximum absolute atomic E-state index is 9.40. The average Bonchev–Trinajstić information content (AvgIpc) is 2.45. The van der Waals surface area contributed by atoms with E-state index in [-0.39, 0.29) is 5.75 Å². The van der Waals surface area contributed by atoms with Crippen LogP contribution in [0.1, 0.15) is 6.92 Å². The predicted molar refractivity (Wildman–Crippen MR) is 44.8 cm³/mol. The van der Waals surface area contributed by atoms with Gasteiger partial charge >= 0.3 is 5.97 Å². The van der Waals surface area contributed by atoms with Gasteiger partial charge in [-0.3, -0.25) is 0 Å². The molecule has 0 radical (unpaired) electrons. The Kier molecular flexibility index (Phi) is 1.60. The highest BCUT2D eigenvalue weighted by Crippen LogP contribution is 2.45. The van der Waals surface area contributed by atoms with Crippen molar-refractivity contribution in [2.75, 3.05) is 7.11 Å². The van der Waals surface area contributed by atoms with Crippen LogP contribution in [-0.4, -0.2) is 18.2 Å². The Hall–Kier alpha value is -1.42. The fraction of sp³-hybridized carbons (Fsp3) is 0.333. The van der Waals surface area contributed by atoms with Crippen molar-refractivity contribution < 1.29 is 19.3 Å². The molecule has 0 unspecified atom stereocenters. The summed E-state index contributed by atoms with van der Waals surface area (Å²) in [7, 11) is 1.48. The summed E-state index contributed by atoms with van der Waals surface area (Å²) in [6.07, 6.45) is 0. The lowest BCUT2D eigenvalue weighted by Crippen LogP contribution is -2.36. The van der Waals surface area contributed by atoms with E-state index in [0.717, 1.165) is 0 Å². The van der Waals surface area contributed by atoms with Crippen LogP contribution in [0.25, 0.3) is 0 Å². The molecule has 13 heavy (non-hydrogen) atoms. The third kappa shape index (κ3) is 1.19. The van der Waals surface area contributed by atoms with Gasteiger partial charge in [0, 0.05) is 14.0 Å². The number of aromatic hydroxyl groups is 1. The number of phenols is 1. The second-order valence-corrected chi connectivity index (χ2v) is 2.88. The van der Waals surface area contributed by atoms with Crippen LogP contribution in [0.4, 0.5) is 0 Å². The lowest BCUT2D eigenvalue weighted by molar-refractivity contribution is -0.254. The van der Waals surface area contributed by atoms with Crippen LogP contribution in [0.2, 0.25) is 0 Å². The molecule has 1 aliphatic heterocycles. The molecule has 0 spiro atoms. The van der Waals surface area contributed by atoms with E-state index in [9.17, 15) is 5.11 Å². The second-order valence-electron chi connectivity index (χ2n) is 2.88. The smallest absolute Gasteiger partial charge is 0.368 e. The molecule has 1 aromatic carbocycles. The minimum absolute atomic E-state index is 0.0540. The summed E-state index contributed by atoms with van der Waals surface area (Å²) in [4.78, 5) is 0. The Morgan fingerprint density at radius 1 is 1.38 bits per heavy atom. The molecule has 0 amide bonds. The SMILES string of the molecule is CO[C@@]1(C)Oc2cccc(O)c2O1. The molecule has 4 nitrogen and oxygen atoms in total. The quantitative estimate of drug-likeness (QED) is 0.714. The van der Waals surface area contributed by atoms with Crippen molar-refractivity contribution in [1.82, 2.24) is 0 Å². The number of methoxy groups -OCH3 is 1. The van der Waals surface area contributed by atoms with Gasteiger partial charge in [-0.2, -0.15) is 0 Å². The molecule has 0 bridgehead atoms. The van der Waals surface area contributed by atoms with Gasteiger partial charge in [0.05, 0.1) is 0 Å². The minimum atomic E-state index is -1.12. The lowest BCUT2D eigenvalue weighted by Gasteiger charge is -2.19. The molecule has 1 aromatic rings. The van der Waals surface area contributed by atoms with Crippen molar-refractivity contribution in [3.05, 3.63) is 18.2 Å². The molecule has 70 valence electrons. The number of ether oxygens (including phenoxy) is 3. The first-order valence-electron chi connectivity index (χ1n) is 3.90. The largest absolute Gasteiger partial charge is 0.504 e. The van der Waals surface area contributed by atoms with Crippen molar-refractivity contribution in [2.45, 2.75) is 12.9 Å². The molecule has 0 saturated heterocycles. The molecule has 0 aromatic heterocycles. The van der Waals surface area contributed by atoms with E-state index in [1.54, 1.807) is 19.1 Å². The van der Waals surface area contributed by atoms with E-state index in [0.29, 0.717) is 11.5 Å². The van der Waals surface area contributed by atoms with Crippen LogP contribution >= 0.6 is 0 Å². The monoisotopic (exact) mass is 182 g/mol. The van der Waals surface area contributed by atoms with Crippen molar-refractivity contribution in [3.8, 4) is 17.2 Å². The molecule has 4 heteroatoms. The zero-order valence-corrected chi connectivity index (χ0v) is 7.40. The predicted octanol–water partition coefficient (Wildman–Crippen LogP) is 1.48. The molecule has 0 aliphatic carbocycles. The zero-order valence-electron chi connectivity index (χ0n) is 7.40. The first kappa shape index (κ1) is 8.19. The summed E-state index contributed by atoms with van der Waals surface area (Å²) in [6.45, 7) is 1.63. The van der Waals surface area contributed by atoms with E-state index in [1.165, 1.54) is 13.2 Å². The molecular weight excluding hydrogens is 172 g/mol. The summed E-state index contributed by atoms with van der Waals surface area (Å²) >= 11 is 0. The second kappa shape index (κ2) is 2.53. The van der Waals surface area contributed by atoms with E-state index in [1.807, 2.05) is 0 Å². The topological polar surface area (TPSA) is 47.9 Å². The molecule has 0 fully saturated rings. The Bertz CT molecular complexity index is 336. The number of rotatable bonds is 1. The van der Waals surface area contributed by atoms with Crippen LogP contribution in [-0.2, 0) is 4.74 Å². The van der Waals surface area contributed by atoms with Crippen molar-refractivity contribution in [2.24, 2.45) is 0 Å². The average molecular weight is 182 g/mol. The van der Waals surface area contributed by atoms with Gasteiger partial charge in [0.1, 0.15) is 0 Å². The highest BCUT2D eigenvalue weighted by molar-refractivity contribution is 5.52. The standard InChI is InChI=1S/C9H10O4/c1-9(11-2)12-7-5-3-4-6(10)8(7)13-9/h3-5,10H,1-2H3/t9-/m0/s1. The number of benzene rings is 1. The normalized spacial score (nSPS) is 24.8. The fourth-order valence-corrected chi connectivity index (χ4v) is 1.18. The molecule has 1 aliphatic rings. The summed E-state index contributed by atoms with van der Waals surface area (Å²) in [5, 5.41) is 9.40. The third-order valence-electron chi connectivity index (χ3n) is 1.91. The fourth-order valence-electron chi connectivity index (χ4n) is 1.18. The molecule has 1 atom stereocenters. The Labute approximate surface area is 75.7 Å². The van der Waals surface area contributed by atoms with Crippen molar-refractivity contribution in [3.63, 3.8) is 0 Å². The minimum Gasteiger partial charge on any atom is -0.504 e. The lowest BCUT2D eigenvalue weighted by atomic mass is 10.3. The van der Waals surface area contributed by atoms with Gasteiger partial charge in [0.2, 0.25) is 5.75 Å². The van der Waals surface area contributed by atoms with Gasteiger partial charge in [-0.05, 0) is 12.1 Å². The van der Waals surface area contributed by atoms with Crippen LogP contribution in [0.3, 0.4) is 0 Å². The highest BCUT2D eigenvalue weighted by atomic mass is 16.9. The third-order valence-corrected chi connectivity index (χ3v) is 1.91. The van der Waals surface area contributed by atoms with E-state index >= 15 is 0 Å². The summed E-state index contributed by atoms with van der Waals surface area (Å²) < 4.78 is 15.6. The van der Waals surface area contributed by atoms with Gasteiger partial charge in [-0.25, -0.2) is 0 Å². The number of hydrogen-bond acceptors (Lipinski definition) is 4. The zero-order chi connectivity index (χ0) is 9.47. The van der Waals surface area contributed by atoms with Gasteiger partial charge < -0.3 is 19.3 Å². The number of fused-ring (bicyclic) bond motifs is 1. The van der Waals surface area contributed by atoms with Crippen LogP contribution in [0.15, 0.2) is 18.2 Å². The first-order chi connectivity index (χ1) is 6.14. The summed E-state index contributed by atoms with van der Waals surface area (Å²) in [5.41, 5.74) is 0. The van der Waals surface area contributed by atoms with E-state index in [2.05, 4.69) is 0 Å². The molecule has 1 N–H and O–H groups in total. The molecular formula is C9H10O4. The maximum Gasteiger partial charge on any atom is 0.368 e. The Balaban J connectivity index is 2.40. The Morgan fingerprint density at radius 2 is 2.15 bits per heavy atom. The van der Waals surface area contributed by atoms with Crippen LogP contribution in [0.5, 0.6) is 17.2 Å². The number of hydrogen-bond donors (Lipinski definition) is 1. The van der Waals surface area contributed by atoms with Crippen molar-refractivity contribution >= 4 is 0 Å². The molecule has 2 rings (SSSR count). The summed E-state index contributed by atoms with van der Waals surface area (Å²) in [5.74, 6) is -0.254. The van der Waals surface area contributed by atoms with Gasteiger partial charge in [0.25, 0.3) is 0 Å². The van der Waals surface area contributed by atoms with Crippen LogP contribution in [0, 0.1) is 0 Å². The van der Waals surface area contributed by atoms with E-state index in [4.69, 9.17) is 14.2 Å². The number of para-hydroxylation sites is 1. The van der Waals surface area contributed by atoms with E-state index < -0.39 is 5.97 Å². The maximum atomic E-state index is 9.40.